The highest BCUT2D eigenvalue weighted by molar-refractivity contribution is 6.01. The molecule has 0 fully saturated rings. The SMILES string of the molecule is COc1ccc(/C(C)=N/NC(=O)c2nnn(-c3nonc3N)c2C(C)C)cc1OC. The van der Waals surface area contributed by atoms with Crippen molar-refractivity contribution in [2.45, 2.75) is 26.7 Å². The number of nitrogens with zero attached hydrogens (tertiary/aromatic N) is 6. The van der Waals surface area contributed by atoms with Gasteiger partial charge in [0.2, 0.25) is 11.6 Å². The molecule has 3 rings (SSSR count). The first-order chi connectivity index (χ1) is 14.4. The van der Waals surface area contributed by atoms with Gasteiger partial charge in [0.25, 0.3) is 5.91 Å². The Kier molecular flexibility index (Phi) is 5.95. The average molecular weight is 414 g/mol. The van der Waals surface area contributed by atoms with Crippen molar-refractivity contribution in [3.8, 4) is 17.3 Å². The maximum atomic E-state index is 12.7. The number of nitrogen functional groups attached to an aromatic ring is 1. The van der Waals surface area contributed by atoms with E-state index in [-0.39, 0.29) is 23.2 Å². The molecular weight excluding hydrogens is 392 g/mol. The molecule has 0 saturated heterocycles. The van der Waals surface area contributed by atoms with Crippen molar-refractivity contribution in [2.24, 2.45) is 5.10 Å². The van der Waals surface area contributed by atoms with Gasteiger partial charge >= 0.3 is 0 Å². The number of amides is 1. The number of aromatic nitrogens is 5. The number of carbonyl (C=O) groups is 1. The van der Waals surface area contributed by atoms with Crippen molar-refractivity contribution >= 4 is 17.4 Å². The lowest BCUT2D eigenvalue weighted by Gasteiger charge is -2.10. The highest BCUT2D eigenvalue weighted by atomic mass is 16.6. The molecule has 158 valence electrons. The van der Waals surface area contributed by atoms with E-state index >= 15 is 0 Å². The van der Waals surface area contributed by atoms with Crippen LogP contribution in [0.4, 0.5) is 5.82 Å². The first-order valence-electron chi connectivity index (χ1n) is 8.98. The van der Waals surface area contributed by atoms with E-state index < -0.39 is 5.91 Å². The van der Waals surface area contributed by atoms with Crippen molar-refractivity contribution in [3.05, 3.63) is 35.2 Å². The zero-order valence-electron chi connectivity index (χ0n) is 17.2. The summed E-state index contributed by atoms with van der Waals surface area (Å²) in [6, 6.07) is 5.33. The molecule has 0 aliphatic heterocycles. The van der Waals surface area contributed by atoms with Crippen LogP contribution in [0, 0.1) is 0 Å². The largest absolute Gasteiger partial charge is 0.493 e. The molecule has 0 unspecified atom stereocenters. The standard InChI is InChI=1S/C18H22N8O4/c1-9(2)15-14(21-25-26(15)17-16(19)23-30-24-17)18(27)22-20-10(3)11-6-7-12(28-4)13(8-11)29-5/h6-9H,1-5H3,(H2,19,23)(H,22,27)/b20-10+. The molecule has 0 spiro atoms. The van der Waals surface area contributed by atoms with Gasteiger partial charge in [-0.3, -0.25) is 4.79 Å². The zero-order valence-corrected chi connectivity index (χ0v) is 17.2. The maximum Gasteiger partial charge on any atom is 0.293 e. The van der Waals surface area contributed by atoms with Gasteiger partial charge in [0.05, 0.1) is 25.6 Å². The van der Waals surface area contributed by atoms with E-state index in [9.17, 15) is 4.79 Å². The Hall–Kier alpha value is -3.96. The number of nitrogens with one attached hydrogen (secondary N) is 1. The Morgan fingerprint density at radius 3 is 2.57 bits per heavy atom. The average Bonchev–Trinajstić information content (AvgIpc) is 3.37. The zero-order chi connectivity index (χ0) is 21.8. The molecule has 1 aromatic carbocycles. The summed E-state index contributed by atoms with van der Waals surface area (Å²) in [5, 5.41) is 19.3. The molecule has 0 saturated carbocycles. The normalized spacial score (nSPS) is 11.6. The minimum absolute atomic E-state index is 0.0380. The molecule has 0 bridgehead atoms. The van der Waals surface area contributed by atoms with Gasteiger partial charge in [0.15, 0.2) is 17.2 Å². The summed E-state index contributed by atoms with van der Waals surface area (Å²) in [4.78, 5) is 12.7. The minimum atomic E-state index is -0.528. The van der Waals surface area contributed by atoms with Crippen molar-refractivity contribution in [2.75, 3.05) is 20.0 Å². The van der Waals surface area contributed by atoms with Gasteiger partial charge in [-0.05, 0) is 41.4 Å². The Bertz CT molecular complexity index is 1090. The van der Waals surface area contributed by atoms with E-state index in [1.165, 1.54) is 4.68 Å². The first kappa shape index (κ1) is 20.8. The Morgan fingerprint density at radius 2 is 1.97 bits per heavy atom. The van der Waals surface area contributed by atoms with E-state index in [1.807, 2.05) is 19.9 Å². The molecule has 12 heteroatoms. The van der Waals surface area contributed by atoms with Gasteiger partial charge in [-0.15, -0.1) is 5.10 Å². The number of hydrazone groups is 1. The number of ether oxygens (including phenoxy) is 2. The molecule has 0 atom stereocenters. The summed E-state index contributed by atoms with van der Waals surface area (Å²) < 4.78 is 16.5. The van der Waals surface area contributed by atoms with Crippen LogP contribution in [0.1, 0.15) is 48.4 Å². The molecule has 12 nitrogen and oxygen atoms in total. The Morgan fingerprint density at radius 1 is 1.23 bits per heavy atom. The number of nitrogens with two attached hydrogens (primary N) is 1. The van der Waals surface area contributed by atoms with Crippen molar-refractivity contribution in [1.29, 1.82) is 0 Å². The molecule has 2 aromatic heterocycles. The summed E-state index contributed by atoms with van der Waals surface area (Å²) in [5.74, 6) is 0.705. The number of carbonyl (C=O) groups excluding carboxylic acids is 1. The van der Waals surface area contributed by atoms with Crippen LogP contribution in [-0.4, -0.2) is 51.1 Å². The number of anilines is 1. The highest BCUT2D eigenvalue weighted by Gasteiger charge is 2.25. The number of rotatable bonds is 7. The number of benzene rings is 1. The van der Waals surface area contributed by atoms with Gasteiger partial charge in [-0.25, -0.2) is 10.1 Å². The number of methoxy groups -OCH3 is 2. The Balaban J connectivity index is 1.86. The lowest BCUT2D eigenvalue weighted by molar-refractivity contribution is 0.0948. The summed E-state index contributed by atoms with van der Waals surface area (Å²) in [6.07, 6.45) is 0. The van der Waals surface area contributed by atoms with Gasteiger partial charge in [0, 0.05) is 5.56 Å². The van der Waals surface area contributed by atoms with Gasteiger partial charge in [-0.1, -0.05) is 19.1 Å². The van der Waals surface area contributed by atoms with Crippen LogP contribution in [0.25, 0.3) is 5.82 Å². The molecule has 2 heterocycles. The molecular formula is C18H22N8O4. The van der Waals surface area contributed by atoms with Crippen molar-refractivity contribution in [3.63, 3.8) is 0 Å². The molecule has 3 N–H and O–H groups in total. The predicted molar refractivity (Wildman–Crippen MR) is 107 cm³/mol. The van der Waals surface area contributed by atoms with Crippen LogP contribution in [-0.2, 0) is 0 Å². The fourth-order valence-electron chi connectivity index (χ4n) is 2.78. The third-order valence-corrected chi connectivity index (χ3v) is 4.29. The summed E-state index contributed by atoms with van der Waals surface area (Å²) in [5.41, 5.74) is 10.1. The van der Waals surface area contributed by atoms with E-state index in [4.69, 9.17) is 15.2 Å². The van der Waals surface area contributed by atoms with Gasteiger partial charge in [-0.2, -0.15) is 9.78 Å². The number of hydrogen-bond donors (Lipinski definition) is 2. The lowest BCUT2D eigenvalue weighted by atomic mass is 10.1. The molecule has 1 amide bonds. The third-order valence-electron chi connectivity index (χ3n) is 4.29. The molecule has 3 aromatic rings. The van der Waals surface area contributed by atoms with Crippen LogP contribution in [0.15, 0.2) is 27.9 Å². The van der Waals surface area contributed by atoms with E-state index in [1.54, 1.807) is 33.3 Å². The van der Waals surface area contributed by atoms with E-state index in [0.29, 0.717) is 22.9 Å². The monoisotopic (exact) mass is 414 g/mol. The summed E-state index contributed by atoms with van der Waals surface area (Å²) >= 11 is 0. The second-order valence-electron chi connectivity index (χ2n) is 6.57. The van der Waals surface area contributed by atoms with Gasteiger partial charge in [0.1, 0.15) is 0 Å². The highest BCUT2D eigenvalue weighted by Crippen LogP contribution is 2.28. The van der Waals surface area contributed by atoms with E-state index in [0.717, 1.165) is 5.56 Å². The fourth-order valence-corrected chi connectivity index (χ4v) is 2.78. The minimum Gasteiger partial charge on any atom is -0.493 e. The number of hydrogen-bond acceptors (Lipinski definition) is 10. The van der Waals surface area contributed by atoms with Crippen LogP contribution in [0.2, 0.25) is 0 Å². The lowest BCUT2D eigenvalue weighted by Crippen LogP contribution is -2.22. The maximum absolute atomic E-state index is 12.7. The second kappa shape index (κ2) is 8.59. The Labute approximate surface area is 172 Å². The predicted octanol–water partition coefficient (Wildman–Crippen LogP) is 1.53. The van der Waals surface area contributed by atoms with Crippen molar-refractivity contribution in [1.82, 2.24) is 30.7 Å². The summed E-state index contributed by atoms with van der Waals surface area (Å²) in [7, 11) is 3.10. The second-order valence-corrected chi connectivity index (χ2v) is 6.57. The molecule has 0 radical (unpaired) electrons. The van der Waals surface area contributed by atoms with Crippen LogP contribution < -0.4 is 20.6 Å². The van der Waals surface area contributed by atoms with Crippen molar-refractivity contribution < 1.29 is 18.9 Å². The van der Waals surface area contributed by atoms with Crippen LogP contribution in [0.5, 0.6) is 11.5 Å². The van der Waals surface area contributed by atoms with E-state index in [2.05, 4.69) is 35.8 Å². The topological polar surface area (TPSA) is 156 Å². The third kappa shape index (κ3) is 3.92. The first-order valence-corrected chi connectivity index (χ1v) is 8.98. The quantitative estimate of drug-likeness (QED) is 0.432. The molecule has 30 heavy (non-hydrogen) atoms. The van der Waals surface area contributed by atoms with Gasteiger partial charge < -0.3 is 15.2 Å². The van der Waals surface area contributed by atoms with Crippen LogP contribution >= 0.6 is 0 Å². The smallest absolute Gasteiger partial charge is 0.293 e. The summed E-state index contributed by atoms with van der Waals surface area (Å²) in [6.45, 7) is 5.52. The molecule has 0 aliphatic rings. The van der Waals surface area contributed by atoms with Crippen LogP contribution in [0.3, 0.4) is 0 Å². The fraction of sp³-hybridized carbons (Fsp3) is 0.333. The molecule has 0 aliphatic carbocycles.